The van der Waals surface area contributed by atoms with Crippen molar-refractivity contribution in [3.05, 3.63) is 26.5 Å². The molecule has 1 aromatic heterocycles. The minimum Gasteiger partial charge on any atom is -0.382 e. The van der Waals surface area contributed by atoms with E-state index in [0.29, 0.717) is 0 Å². The fourth-order valence-electron chi connectivity index (χ4n) is 0.860. The molecule has 6 nitrogen and oxygen atoms in total. The highest BCUT2D eigenvalue weighted by Gasteiger charge is 2.03. The number of nitrogens with one attached hydrogen (secondary N) is 4. The van der Waals surface area contributed by atoms with E-state index >= 15 is 0 Å². The second-order valence-electron chi connectivity index (χ2n) is 2.09. The van der Waals surface area contributed by atoms with Crippen LogP contribution in [0.2, 0.25) is 0 Å². The van der Waals surface area contributed by atoms with E-state index in [1.807, 2.05) is 18.8 Å². The Labute approximate surface area is 80.9 Å². The summed E-state index contributed by atoms with van der Waals surface area (Å²) >= 11 is 0. The van der Waals surface area contributed by atoms with Gasteiger partial charge in [0.15, 0.2) is 0 Å². The Morgan fingerprint density at radius 3 is 2.29 bits per heavy atom. The van der Waals surface area contributed by atoms with E-state index in [9.17, 15) is 9.59 Å². The second kappa shape index (κ2) is 5.74. The van der Waals surface area contributed by atoms with Crippen LogP contribution in [-0.2, 0) is 0 Å². The zero-order valence-corrected chi connectivity index (χ0v) is 8.39. The molecule has 0 saturated heterocycles. The first-order valence-corrected chi connectivity index (χ1v) is 4.24. The van der Waals surface area contributed by atoms with Crippen molar-refractivity contribution in [2.75, 3.05) is 12.4 Å². The van der Waals surface area contributed by atoms with Gasteiger partial charge in [-0.25, -0.2) is 4.79 Å². The molecule has 0 fully saturated rings. The molecule has 78 valence electrons. The lowest BCUT2D eigenvalue weighted by Crippen LogP contribution is -2.26. The molecule has 0 saturated carbocycles. The lowest BCUT2D eigenvalue weighted by Gasteiger charge is -2.00. The van der Waals surface area contributed by atoms with Gasteiger partial charge in [-0.2, -0.15) is 0 Å². The standard InChI is InChI=1S/C6H8N4O2.C2H6/c1-8-4-3(2-7)9-6(12)10-5(4)11;1-2/h2,7-8H,1H3,(H2,9,10,11,12);1-2H3. The van der Waals surface area contributed by atoms with Crippen LogP contribution in [0.1, 0.15) is 19.5 Å². The van der Waals surface area contributed by atoms with Gasteiger partial charge in [0.05, 0.1) is 5.69 Å². The van der Waals surface area contributed by atoms with Crippen LogP contribution in [0.25, 0.3) is 0 Å². The van der Waals surface area contributed by atoms with Crippen LogP contribution in [0.5, 0.6) is 0 Å². The highest BCUT2D eigenvalue weighted by Crippen LogP contribution is 1.97. The molecule has 0 bridgehead atoms. The first kappa shape index (κ1) is 12.2. The van der Waals surface area contributed by atoms with Gasteiger partial charge < -0.3 is 15.7 Å². The van der Waals surface area contributed by atoms with E-state index in [1.54, 1.807) is 0 Å². The smallest absolute Gasteiger partial charge is 0.326 e. The van der Waals surface area contributed by atoms with Gasteiger partial charge in [0, 0.05) is 13.3 Å². The Hall–Kier alpha value is -1.85. The molecule has 1 aromatic rings. The van der Waals surface area contributed by atoms with Gasteiger partial charge in [-0.05, 0) is 0 Å². The number of rotatable bonds is 2. The normalized spacial score (nSPS) is 8.50. The molecule has 0 amide bonds. The lowest BCUT2D eigenvalue weighted by atomic mass is 10.3. The van der Waals surface area contributed by atoms with E-state index in [2.05, 4.69) is 10.3 Å². The Kier molecular flexibility index (Phi) is 4.98. The predicted octanol–water partition coefficient (Wildman–Crippen LogP) is 0.129. The summed E-state index contributed by atoms with van der Waals surface area (Å²) in [6.07, 6.45) is 0.905. The van der Waals surface area contributed by atoms with Crippen LogP contribution >= 0.6 is 0 Å². The van der Waals surface area contributed by atoms with Gasteiger partial charge in [0.1, 0.15) is 5.69 Å². The predicted molar refractivity (Wildman–Crippen MR) is 56.5 cm³/mol. The van der Waals surface area contributed by atoms with Crippen molar-refractivity contribution in [3.8, 4) is 0 Å². The van der Waals surface area contributed by atoms with Crippen molar-refractivity contribution in [3.63, 3.8) is 0 Å². The van der Waals surface area contributed by atoms with Crippen LogP contribution in [-0.4, -0.2) is 23.2 Å². The Bertz CT molecular complexity index is 405. The van der Waals surface area contributed by atoms with Gasteiger partial charge in [-0.1, -0.05) is 13.8 Å². The van der Waals surface area contributed by atoms with Crippen molar-refractivity contribution in [1.29, 1.82) is 5.41 Å². The van der Waals surface area contributed by atoms with E-state index < -0.39 is 11.2 Å². The summed E-state index contributed by atoms with van der Waals surface area (Å²) < 4.78 is 0. The van der Waals surface area contributed by atoms with Gasteiger partial charge in [-0.15, -0.1) is 0 Å². The molecular weight excluding hydrogens is 184 g/mol. The summed E-state index contributed by atoms with van der Waals surface area (Å²) in [7, 11) is 1.54. The van der Waals surface area contributed by atoms with Crippen LogP contribution in [0.15, 0.2) is 9.59 Å². The summed E-state index contributed by atoms with van der Waals surface area (Å²) in [6.45, 7) is 4.00. The van der Waals surface area contributed by atoms with Crippen LogP contribution in [0.3, 0.4) is 0 Å². The SMILES string of the molecule is CC.CNc1c(C=N)[nH]c(=O)[nH]c1=O. The molecule has 4 N–H and O–H groups in total. The molecule has 1 heterocycles. The third-order valence-corrected chi connectivity index (χ3v) is 1.37. The molecule has 6 heteroatoms. The summed E-state index contributed by atoms with van der Waals surface area (Å²) in [5.74, 6) is 0. The summed E-state index contributed by atoms with van der Waals surface area (Å²) in [4.78, 5) is 26.0. The molecular formula is C8H14N4O2. The highest BCUT2D eigenvalue weighted by atomic mass is 16.2. The second-order valence-corrected chi connectivity index (χ2v) is 2.09. The molecule has 0 unspecified atom stereocenters. The van der Waals surface area contributed by atoms with E-state index in [0.717, 1.165) is 6.21 Å². The molecule has 0 aliphatic rings. The molecule has 1 rings (SSSR count). The molecule has 0 aromatic carbocycles. The zero-order valence-electron chi connectivity index (χ0n) is 8.39. The van der Waals surface area contributed by atoms with E-state index in [4.69, 9.17) is 5.41 Å². The number of aromatic nitrogens is 2. The van der Waals surface area contributed by atoms with Crippen LogP contribution in [0.4, 0.5) is 5.69 Å². The third kappa shape index (κ3) is 2.58. The average molecular weight is 198 g/mol. The molecule has 0 aliphatic carbocycles. The van der Waals surface area contributed by atoms with Crippen molar-refractivity contribution >= 4 is 11.9 Å². The minimum absolute atomic E-state index is 0.172. The van der Waals surface area contributed by atoms with Gasteiger partial charge in [-0.3, -0.25) is 9.78 Å². The van der Waals surface area contributed by atoms with Crippen molar-refractivity contribution in [2.24, 2.45) is 0 Å². The zero-order chi connectivity index (χ0) is 11.1. The minimum atomic E-state index is -0.613. The molecule has 0 spiro atoms. The first-order chi connectivity index (χ1) is 6.69. The summed E-state index contributed by atoms with van der Waals surface area (Å²) in [6, 6.07) is 0. The van der Waals surface area contributed by atoms with E-state index in [-0.39, 0.29) is 11.4 Å². The average Bonchev–Trinajstić information content (AvgIpc) is 2.19. The van der Waals surface area contributed by atoms with Gasteiger partial charge in [0.2, 0.25) is 0 Å². The fourth-order valence-corrected chi connectivity index (χ4v) is 0.860. The molecule has 14 heavy (non-hydrogen) atoms. The van der Waals surface area contributed by atoms with Crippen molar-refractivity contribution < 1.29 is 0 Å². The quantitative estimate of drug-likeness (QED) is 0.508. The van der Waals surface area contributed by atoms with Crippen molar-refractivity contribution in [2.45, 2.75) is 13.8 Å². The largest absolute Gasteiger partial charge is 0.382 e. The Balaban J connectivity index is 0.000000791. The van der Waals surface area contributed by atoms with E-state index in [1.165, 1.54) is 7.05 Å². The monoisotopic (exact) mass is 198 g/mol. The fraction of sp³-hybridized carbons (Fsp3) is 0.375. The maximum atomic E-state index is 11.0. The number of hydrogen-bond acceptors (Lipinski definition) is 4. The van der Waals surface area contributed by atoms with Gasteiger partial charge in [0.25, 0.3) is 5.56 Å². The molecule has 0 atom stereocenters. The molecule has 0 aliphatic heterocycles. The molecule has 0 radical (unpaired) electrons. The third-order valence-electron chi connectivity index (χ3n) is 1.37. The van der Waals surface area contributed by atoms with Crippen molar-refractivity contribution in [1.82, 2.24) is 9.97 Å². The Morgan fingerprint density at radius 1 is 1.29 bits per heavy atom. The Morgan fingerprint density at radius 2 is 1.86 bits per heavy atom. The van der Waals surface area contributed by atoms with Crippen LogP contribution in [0, 0.1) is 5.41 Å². The number of H-pyrrole nitrogens is 2. The summed E-state index contributed by atoms with van der Waals surface area (Å²) in [5.41, 5.74) is -0.784. The first-order valence-electron chi connectivity index (χ1n) is 4.24. The lowest BCUT2D eigenvalue weighted by molar-refractivity contribution is 1.03. The maximum Gasteiger partial charge on any atom is 0.326 e. The van der Waals surface area contributed by atoms with Gasteiger partial charge >= 0.3 is 5.69 Å². The number of aromatic amines is 2. The number of anilines is 1. The maximum absolute atomic E-state index is 11.0. The number of hydrogen-bond donors (Lipinski definition) is 4. The topological polar surface area (TPSA) is 102 Å². The van der Waals surface area contributed by atoms with Crippen LogP contribution < -0.4 is 16.6 Å². The summed E-state index contributed by atoms with van der Waals surface area (Å²) in [5, 5.41) is 9.47. The highest BCUT2D eigenvalue weighted by molar-refractivity contribution is 5.82.